The highest BCUT2D eigenvalue weighted by Crippen LogP contribution is 2.41. The first-order valence-electron chi connectivity index (χ1n) is 22.3. The molecule has 5 aromatic rings. The molecule has 6 rings (SSSR count). The Hall–Kier alpha value is -3.45. The number of carbonyl (C=O) groups is 1. The van der Waals surface area contributed by atoms with Crippen LogP contribution in [0.15, 0.2) is 72.8 Å². The summed E-state index contributed by atoms with van der Waals surface area (Å²) in [5, 5.41) is 0. The first kappa shape index (κ1) is 47.0. The monoisotopic (exact) mass is 892 g/mol. The van der Waals surface area contributed by atoms with E-state index < -0.39 is 11.6 Å². The predicted molar refractivity (Wildman–Crippen MR) is 248 cm³/mol. The molecule has 0 aliphatic heterocycles. The molecule has 1 aliphatic carbocycles. The Morgan fingerprint density at radius 2 is 1.20 bits per heavy atom. The quantitative estimate of drug-likeness (QED) is 0.0387. The lowest BCUT2D eigenvalue weighted by Crippen LogP contribution is -2.15. The maximum Gasteiger partial charge on any atom is 0.348 e. The molecule has 0 saturated heterocycles. The summed E-state index contributed by atoms with van der Waals surface area (Å²) in [6, 6.07) is 23.6. The van der Waals surface area contributed by atoms with E-state index >= 15 is 4.39 Å². The van der Waals surface area contributed by atoms with E-state index in [0.717, 1.165) is 22.1 Å². The molecular formula is C50H62F2O6S3. The van der Waals surface area contributed by atoms with Gasteiger partial charge in [-0.15, -0.1) is 34.0 Å². The molecule has 61 heavy (non-hydrogen) atoms. The minimum Gasteiger partial charge on any atom is -0.488 e. The maximum absolute atomic E-state index is 15.1. The molecule has 3 aromatic heterocycles. The molecule has 0 atom stereocenters. The third kappa shape index (κ3) is 14.5. The van der Waals surface area contributed by atoms with Gasteiger partial charge >= 0.3 is 5.97 Å². The Bertz CT molecular complexity index is 2030. The second-order valence-electron chi connectivity index (χ2n) is 15.8. The van der Waals surface area contributed by atoms with Crippen molar-refractivity contribution < 1.29 is 37.3 Å². The van der Waals surface area contributed by atoms with Crippen LogP contribution in [0.4, 0.5) is 8.78 Å². The van der Waals surface area contributed by atoms with Crippen LogP contribution in [-0.2, 0) is 25.4 Å². The molecular weight excluding hydrogens is 831 g/mol. The zero-order valence-electron chi connectivity index (χ0n) is 35.9. The van der Waals surface area contributed by atoms with Crippen LogP contribution in [0.25, 0.3) is 30.6 Å². The molecule has 0 radical (unpaired) electrons. The van der Waals surface area contributed by atoms with Crippen molar-refractivity contribution in [2.24, 2.45) is 5.92 Å². The molecule has 0 spiro atoms. The molecule has 1 saturated carbocycles. The summed E-state index contributed by atoms with van der Waals surface area (Å²) in [6.45, 7) is 6.55. The van der Waals surface area contributed by atoms with Crippen LogP contribution < -0.4 is 4.74 Å². The summed E-state index contributed by atoms with van der Waals surface area (Å²) in [7, 11) is 0. The second kappa shape index (κ2) is 25.6. The van der Waals surface area contributed by atoms with Gasteiger partial charge < -0.3 is 23.7 Å². The fraction of sp³-hybridized carbons (Fsp3) is 0.500. The largest absolute Gasteiger partial charge is 0.488 e. The number of hydrogen-bond donors (Lipinski definition) is 0. The molecule has 1 aliphatic rings. The van der Waals surface area contributed by atoms with Crippen molar-refractivity contribution in [2.75, 3.05) is 52.9 Å². The highest BCUT2D eigenvalue weighted by Gasteiger charge is 2.23. The van der Waals surface area contributed by atoms with Gasteiger partial charge in [-0.1, -0.05) is 83.1 Å². The topological polar surface area (TPSA) is 63.2 Å². The maximum atomic E-state index is 15.1. The number of rotatable bonds is 27. The number of thiophene rings is 3. The van der Waals surface area contributed by atoms with Crippen molar-refractivity contribution in [1.82, 2.24) is 0 Å². The number of benzene rings is 2. The Balaban J connectivity index is 0.784. The lowest BCUT2D eigenvalue weighted by molar-refractivity contribution is -0.00223. The fourth-order valence-electron chi connectivity index (χ4n) is 7.84. The lowest BCUT2D eigenvalue weighted by Gasteiger charge is -2.29. The molecule has 0 N–H and O–H groups in total. The molecule has 0 bridgehead atoms. The molecule has 1 fully saturated rings. The first-order chi connectivity index (χ1) is 29.9. The molecule has 6 nitrogen and oxygen atoms in total. The summed E-state index contributed by atoms with van der Waals surface area (Å²) in [4.78, 5) is 19.4. The number of carbonyl (C=O) groups excluding carboxylic acids is 1. The van der Waals surface area contributed by atoms with Gasteiger partial charge in [-0.2, -0.15) is 4.39 Å². The van der Waals surface area contributed by atoms with Gasteiger partial charge in [-0.05, 0) is 110 Å². The third-order valence-corrected chi connectivity index (χ3v) is 15.0. The van der Waals surface area contributed by atoms with Crippen LogP contribution in [0.5, 0.6) is 5.75 Å². The summed E-state index contributed by atoms with van der Waals surface area (Å²) in [6.07, 6.45) is 16.5. The van der Waals surface area contributed by atoms with E-state index in [0.29, 0.717) is 42.8 Å². The summed E-state index contributed by atoms with van der Waals surface area (Å²) in [5.41, 5.74) is 2.16. The van der Waals surface area contributed by atoms with Crippen molar-refractivity contribution in [3.8, 4) is 36.4 Å². The molecule has 11 heteroatoms. The van der Waals surface area contributed by atoms with Crippen molar-refractivity contribution in [3.05, 3.63) is 99.7 Å². The van der Waals surface area contributed by atoms with Crippen LogP contribution in [0.3, 0.4) is 0 Å². The molecule has 330 valence electrons. The molecule has 0 amide bonds. The van der Waals surface area contributed by atoms with Crippen LogP contribution in [0.1, 0.15) is 117 Å². The Kier molecular flexibility index (Phi) is 19.7. The number of hydrogen-bond acceptors (Lipinski definition) is 9. The lowest BCUT2D eigenvalue weighted by atomic mass is 9.77. The van der Waals surface area contributed by atoms with E-state index in [2.05, 4.69) is 50.2 Å². The van der Waals surface area contributed by atoms with Crippen LogP contribution in [0.2, 0.25) is 0 Å². The first-order valence-corrected chi connectivity index (χ1v) is 24.8. The summed E-state index contributed by atoms with van der Waals surface area (Å²) >= 11 is 5.07. The van der Waals surface area contributed by atoms with Crippen molar-refractivity contribution in [3.63, 3.8) is 0 Å². The zero-order valence-corrected chi connectivity index (χ0v) is 38.3. The highest BCUT2D eigenvalue weighted by molar-refractivity contribution is 7.26. The van der Waals surface area contributed by atoms with E-state index in [9.17, 15) is 9.18 Å². The molecule has 2 aromatic carbocycles. The Morgan fingerprint density at radius 1 is 0.590 bits per heavy atom. The minimum absolute atomic E-state index is 0.0739. The smallest absolute Gasteiger partial charge is 0.348 e. The van der Waals surface area contributed by atoms with Crippen LogP contribution in [-0.4, -0.2) is 58.8 Å². The van der Waals surface area contributed by atoms with Gasteiger partial charge in [0.15, 0.2) is 11.6 Å². The minimum atomic E-state index is -0.999. The highest BCUT2D eigenvalue weighted by atomic mass is 32.1. The van der Waals surface area contributed by atoms with Crippen molar-refractivity contribution in [1.29, 1.82) is 0 Å². The van der Waals surface area contributed by atoms with E-state index in [1.165, 1.54) is 115 Å². The number of halogens is 2. The van der Waals surface area contributed by atoms with E-state index in [4.69, 9.17) is 23.7 Å². The predicted octanol–water partition coefficient (Wildman–Crippen LogP) is 14.4. The van der Waals surface area contributed by atoms with Crippen LogP contribution in [0, 0.1) is 17.6 Å². The van der Waals surface area contributed by atoms with E-state index in [1.807, 2.05) is 35.6 Å². The van der Waals surface area contributed by atoms with E-state index in [1.54, 1.807) is 17.4 Å². The Labute approximate surface area is 373 Å². The normalized spacial score (nSPS) is 15.3. The number of unbranched alkanes of at least 4 members (excludes halogenated alkanes) is 5. The second-order valence-corrected chi connectivity index (χ2v) is 19.1. The van der Waals surface area contributed by atoms with Gasteiger partial charge in [0.25, 0.3) is 0 Å². The zero-order chi connectivity index (χ0) is 42.7. The fourth-order valence-corrected chi connectivity index (χ4v) is 11.0. The van der Waals surface area contributed by atoms with Gasteiger partial charge in [0.05, 0.1) is 39.6 Å². The average Bonchev–Trinajstić information content (AvgIpc) is 4.08. The molecule has 0 unspecified atom stereocenters. The van der Waals surface area contributed by atoms with Gasteiger partial charge in [0.1, 0.15) is 18.1 Å². The van der Waals surface area contributed by atoms with Crippen molar-refractivity contribution in [2.45, 2.75) is 103 Å². The van der Waals surface area contributed by atoms with Gasteiger partial charge in [-0.25, -0.2) is 9.18 Å². The van der Waals surface area contributed by atoms with Gasteiger partial charge in [0, 0.05) is 29.9 Å². The standard InChI is InChI=1S/C50H62F2O6S3/c1-3-5-7-9-11-40-20-23-43(59-40)44-24-25-45(60-44)46-26-27-47(61-46)50(53)58-35-33-56-31-29-54-28-30-55-32-34-57-42-22-21-41(48(51)49(42)52)39-18-16-38(17-19-39)37-14-12-36(13-15-37)10-8-6-4-2/h16-27,36-37H,3-15,28-35H2,1-2H3. The van der Waals surface area contributed by atoms with Gasteiger partial charge in [-0.3, -0.25) is 0 Å². The van der Waals surface area contributed by atoms with Gasteiger partial charge in [0.2, 0.25) is 5.82 Å². The van der Waals surface area contributed by atoms with Crippen molar-refractivity contribution >= 4 is 40.0 Å². The summed E-state index contributed by atoms with van der Waals surface area (Å²) < 4.78 is 57.6. The summed E-state index contributed by atoms with van der Waals surface area (Å²) in [5.74, 6) is -1.01. The average molecular weight is 893 g/mol. The molecule has 3 heterocycles. The number of aryl methyl sites for hydroxylation is 1. The SMILES string of the molecule is CCCCCCc1ccc(-c2ccc(-c3ccc(C(=O)OCCOCCOCCOCCOc4ccc(-c5ccc(C6CCC(CCCCC)CC6)cc5)c(F)c4F)s3)s2)s1. The van der Waals surface area contributed by atoms with Crippen LogP contribution >= 0.6 is 34.0 Å². The van der Waals surface area contributed by atoms with E-state index in [-0.39, 0.29) is 43.7 Å². The Morgan fingerprint density at radius 3 is 1.90 bits per heavy atom. The third-order valence-electron chi connectivity index (χ3n) is 11.3. The number of esters is 1. The number of ether oxygens (including phenoxy) is 5.